The lowest BCUT2D eigenvalue weighted by molar-refractivity contribution is 0.590. The molecule has 0 saturated carbocycles. The Morgan fingerprint density at radius 3 is 2.22 bits per heavy atom. The average Bonchev–Trinajstić information content (AvgIpc) is 3.96. The second kappa shape index (κ2) is 11.8. The Morgan fingerprint density at radius 1 is 0.583 bits per heavy atom. The molecule has 0 radical (unpaired) electrons. The summed E-state index contributed by atoms with van der Waals surface area (Å²) in [5.74, 6) is 0. The minimum Gasteiger partial charge on any atom is -0.456 e. The molecular formula is C55H41BN2OS. The molecule has 3 aromatic heterocycles. The fraction of sp³-hybridized carbons (Fsp3) is 0.127. The van der Waals surface area contributed by atoms with Crippen LogP contribution in [-0.2, 0) is 10.8 Å². The van der Waals surface area contributed by atoms with Crippen LogP contribution in [0, 0.1) is 0 Å². The third-order valence-corrected chi connectivity index (χ3v) is 14.9. The van der Waals surface area contributed by atoms with Crippen LogP contribution >= 0.6 is 11.3 Å². The van der Waals surface area contributed by atoms with Gasteiger partial charge < -0.3 is 14.3 Å². The lowest BCUT2D eigenvalue weighted by Gasteiger charge is -2.26. The van der Waals surface area contributed by atoms with E-state index in [4.69, 9.17) is 4.42 Å². The number of hydrogen-bond acceptors (Lipinski definition) is 3. The fourth-order valence-corrected chi connectivity index (χ4v) is 11.8. The van der Waals surface area contributed by atoms with Crippen LogP contribution in [0.25, 0.3) is 91.9 Å². The number of hydrogen-bond donors (Lipinski definition) is 1. The molecule has 11 aromatic rings. The topological polar surface area (TPSA) is 30.1 Å². The Morgan fingerprint density at radius 2 is 1.37 bits per heavy atom. The predicted molar refractivity (Wildman–Crippen MR) is 259 cm³/mol. The van der Waals surface area contributed by atoms with Crippen molar-refractivity contribution in [2.75, 3.05) is 5.32 Å². The number of nitrogens with one attached hydrogen (secondary N) is 1. The van der Waals surface area contributed by atoms with Crippen LogP contribution in [0.2, 0.25) is 0 Å². The quantitative estimate of drug-likeness (QED) is 0.181. The van der Waals surface area contributed by atoms with Crippen molar-refractivity contribution in [1.29, 1.82) is 0 Å². The summed E-state index contributed by atoms with van der Waals surface area (Å²) in [4.78, 5) is 0. The van der Waals surface area contributed by atoms with Crippen molar-refractivity contribution in [3.8, 4) is 27.9 Å². The minimum atomic E-state index is -0.129. The molecule has 0 atom stereocenters. The summed E-state index contributed by atoms with van der Waals surface area (Å²) in [6, 6.07) is 54.7. The summed E-state index contributed by atoms with van der Waals surface area (Å²) in [6.45, 7) is 11.6. The van der Waals surface area contributed by atoms with Crippen LogP contribution in [0.5, 0.6) is 0 Å². The van der Waals surface area contributed by atoms with Gasteiger partial charge in [0.2, 0.25) is 0 Å². The minimum absolute atomic E-state index is 0.0798. The number of aromatic nitrogens is 1. The van der Waals surface area contributed by atoms with E-state index < -0.39 is 0 Å². The molecule has 5 heteroatoms. The summed E-state index contributed by atoms with van der Waals surface area (Å²) < 4.78 is 11.8. The van der Waals surface area contributed by atoms with Gasteiger partial charge in [-0.2, -0.15) is 0 Å². The first kappa shape index (κ1) is 34.3. The van der Waals surface area contributed by atoms with Gasteiger partial charge in [0.05, 0.1) is 5.52 Å². The smallest absolute Gasteiger partial charge is 0.198 e. The zero-order valence-corrected chi connectivity index (χ0v) is 35.1. The molecule has 1 aliphatic heterocycles. The number of nitrogens with zero attached hydrogens (tertiary/aromatic N) is 1. The van der Waals surface area contributed by atoms with Crippen molar-refractivity contribution in [3.63, 3.8) is 0 Å². The molecule has 0 fully saturated rings. The number of para-hydroxylation sites is 1. The number of fused-ring (bicyclic) bond motifs is 14. The van der Waals surface area contributed by atoms with E-state index in [1.54, 1.807) is 0 Å². The molecule has 4 heterocycles. The van der Waals surface area contributed by atoms with Crippen molar-refractivity contribution in [2.45, 2.75) is 45.4 Å². The van der Waals surface area contributed by atoms with E-state index in [1.807, 2.05) is 11.3 Å². The highest BCUT2D eigenvalue weighted by molar-refractivity contribution is 7.25. The molecule has 0 spiro atoms. The maximum Gasteiger partial charge on any atom is 0.198 e. The molecule has 1 aliphatic carbocycles. The van der Waals surface area contributed by atoms with Crippen LogP contribution in [0.3, 0.4) is 0 Å². The van der Waals surface area contributed by atoms with Gasteiger partial charge in [0.25, 0.3) is 0 Å². The zero-order chi connectivity index (χ0) is 40.2. The van der Waals surface area contributed by atoms with Crippen molar-refractivity contribution in [2.24, 2.45) is 0 Å². The Kier molecular flexibility index (Phi) is 6.75. The van der Waals surface area contributed by atoms with Crippen LogP contribution < -0.4 is 16.2 Å². The lowest BCUT2D eigenvalue weighted by atomic mass is 9.59. The van der Waals surface area contributed by atoms with Crippen LogP contribution in [0.15, 0.2) is 150 Å². The number of rotatable bonds is 3. The van der Waals surface area contributed by atoms with E-state index in [2.05, 4.69) is 190 Å². The Hall–Kier alpha value is -6.56. The van der Waals surface area contributed by atoms with Crippen molar-refractivity contribution < 1.29 is 4.42 Å². The molecule has 60 heavy (non-hydrogen) atoms. The van der Waals surface area contributed by atoms with Crippen molar-refractivity contribution in [3.05, 3.63) is 162 Å². The molecule has 13 rings (SSSR count). The maximum atomic E-state index is 6.56. The summed E-state index contributed by atoms with van der Waals surface area (Å²) in [5.41, 5.74) is 19.6. The Bertz CT molecular complexity index is 3670. The van der Waals surface area contributed by atoms with Gasteiger partial charge in [-0.05, 0) is 92.8 Å². The molecule has 3 nitrogen and oxygen atoms in total. The van der Waals surface area contributed by atoms with E-state index in [0.29, 0.717) is 0 Å². The maximum absolute atomic E-state index is 6.56. The van der Waals surface area contributed by atoms with Crippen LogP contribution in [0.1, 0.15) is 51.3 Å². The summed E-state index contributed by atoms with van der Waals surface area (Å²) in [7, 11) is 0.809. The molecule has 0 bridgehead atoms. The van der Waals surface area contributed by atoms with E-state index in [1.165, 1.54) is 103 Å². The number of benzene rings is 8. The standard InChI is InChI=1S/C55H41BN2OS/c1-54(2,3)30-18-20-31(21-19-30)57-45-27-43-37(32-12-6-9-15-42(32)55(43,4)5)24-38(45)35-22-23-36-39-25-41-34-14-8-11-17-50(34)60-51(41)29-46(39)58-47-28-49-40(26-44(47)56-52(35)53(36)58)33-13-7-10-16-48(33)59-49/h6-29,56-57H,1-5H3. The zero-order valence-electron chi connectivity index (χ0n) is 34.3. The largest absolute Gasteiger partial charge is 0.456 e. The molecule has 1 N–H and O–H groups in total. The summed E-state index contributed by atoms with van der Waals surface area (Å²) >= 11 is 1.88. The van der Waals surface area contributed by atoms with Gasteiger partial charge in [-0.1, -0.05) is 131 Å². The van der Waals surface area contributed by atoms with Gasteiger partial charge in [0.15, 0.2) is 7.28 Å². The second-order valence-electron chi connectivity index (χ2n) is 18.6. The van der Waals surface area contributed by atoms with Gasteiger partial charge in [-0.3, -0.25) is 0 Å². The van der Waals surface area contributed by atoms with E-state index in [0.717, 1.165) is 35.2 Å². The molecule has 0 amide bonds. The first-order chi connectivity index (χ1) is 29.1. The van der Waals surface area contributed by atoms with Gasteiger partial charge in [0.1, 0.15) is 11.2 Å². The van der Waals surface area contributed by atoms with E-state index in [-0.39, 0.29) is 10.8 Å². The Labute approximate surface area is 353 Å². The number of thiophene rings is 1. The third kappa shape index (κ3) is 4.67. The molecule has 8 aromatic carbocycles. The second-order valence-corrected chi connectivity index (χ2v) is 19.7. The molecular weight excluding hydrogens is 747 g/mol. The molecule has 286 valence electrons. The third-order valence-electron chi connectivity index (χ3n) is 13.8. The summed E-state index contributed by atoms with van der Waals surface area (Å²) in [5, 5.41) is 11.5. The normalized spacial score (nSPS) is 14.0. The van der Waals surface area contributed by atoms with E-state index >= 15 is 0 Å². The van der Waals surface area contributed by atoms with Crippen LogP contribution in [-0.4, -0.2) is 11.8 Å². The van der Waals surface area contributed by atoms with Crippen LogP contribution in [0.4, 0.5) is 11.4 Å². The highest BCUT2D eigenvalue weighted by Crippen LogP contribution is 2.52. The van der Waals surface area contributed by atoms with Crippen molar-refractivity contribution in [1.82, 2.24) is 4.57 Å². The first-order valence-corrected chi connectivity index (χ1v) is 21.9. The SMILES string of the molecule is CC(C)(C)c1ccc(Nc2cc3c(cc2-c2ccc4c5cc6c(cc5n5c4c2Bc2cc4c(cc2-5)oc2ccccc24)sc2ccccc26)-c2ccccc2C3(C)C)cc1. The predicted octanol–water partition coefficient (Wildman–Crippen LogP) is 13.8. The molecule has 0 unspecified atom stereocenters. The monoisotopic (exact) mass is 788 g/mol. The van der Waals surface area contributed by atoms with Crippen molar-refractivity contribution >= 4 is 105 Å². The highest BCUT2D eigenvalue weighted by atomic mass is 32.1. The lowest BCUT2D eigenvalue weighted by Crippen LogP contribution is -2.37. The molecule has 0 saturated heterocycles. The number of furan rings is 1. The number of anilines is 2. The molecule has 2 aliphatic rings. The average molecular weight is 789 g/mol. The van der Waals surface area contributed by atoms with E-state index in [9.17, 15) is 0 Å². The van der Waals surface area contributed by atoms with Gasteiger partial charge in [-0.25, -0.2) is 0 Å². The van der Waals surface area contributed by atoms with Gasteiger partial charge in [0, 0.05) is 81.3 Å². The Balaban J connectivity index is 1.11. The van der Waals surface area contributed by atoms with Gasteiger partial charge >= 0.3 is 0 Å². The summed E-state index contributed by atoms with van der Waals surface area (Å²) in [6.07, 6.45) is 0. The highest BCUT2D eigenvalue weighted by Gasteiger charge is 2.37. The van der Waals surface area contributed by atoms with Gasteiger partial charge in [-0.15, -0.1) is 11.3 Å². The first-order valence-electron chi connectivity index (χ1n) is 21.1. The fourth-order valence-electron chi connectivity index (χ4n) is 10.7.